The van der Waals surface area contributed by atoms with Crippen molar-refractivity contribution < 1.29 is 14.4 Å². The Labute approximate surface area is 176 Å². The highest BCUT2D eigenvalue weighted by Gasteiger charge is 2.66. The predicted octanol–water partition coefficient (Wildman–Crippen LogP) is 3.79. The van der Waals surface area contributed by atoms with Crippen molar-refractivity contribution >= 4 is 50.9 Å². The lowest BCUT2D eigenvalue weighted by atomic mass is 9.63. The van der Waals surface area contributed by atoms with Crippen molar-refractivity contribution in [3.8, 4) is 0 Å². The molecule has 2 saturated carbocycles. The quantitative estimate of drug-likeness (QED) is 0.546. The number of imide groups is 1. The molecule has 4 aliphatic carbocycles. The summed E-state index contributed by atoms with van der Waals surface area (Å²) in [6, 6.07) is 3.53. The maximum Gasteiger partial charge on any atom is 0.233 e. The molecule has 2 bridgehead atoms. The molecule has 1 aromatic rings. The van der Waals surface area contributed by atoms with Crippen molar-refractivity contribution in [2.75, 3.05) is 11.9 Å². The van der Waals surface area contributed by atoms with E-state index in [-0.39, 0.29) is 54.4 Å². The van der Waals surface area contributed by atoms with Crippen LogP contribution in [0.4, 0.5) is 5.69 Å². The highest BCUT2D eigenvalue weighted by atomic mass is 79.9. The lowest BCUT2D eigenvalue weighted by molar-refractivity contribution is -0.140. The van der Waals surface area contributed by atoms with Crippen LogP contribution in [-0.2, 0) is 14.4 Å². The third kappa shape index (κ3) is 2.68. The van der Waals surface area contributed by atoms with E-state index in [0.717, 1.165) is 16.5 Å². The van der Waals surface area contributed by atoms with Crippen LogP contribution < -0.4 is 5.32 Å². The monoisotopic (exact) mass is 462 g/mol. The number of likely N-dealkylation sites (tertiary alicyclic amines) is 1. The molecular weight excluding hydrogens is 444 g/mol. The van der Waals surface area contributed by atoms with E-state index in [1.165, 1.54) is 4.90 Å². The number of carbonyl (C=O) groups is 3. The van der Waals surface area contributed by atoms with Crippen LogP contribution in [0.2, 0.25) is 5.02 Å². The number of allylic oxidation sites excluding steroid dienone is 2. The summed E-state index contributed by atoms with van der Waals surface area (Å²) < 4.78 is 0.766. The van der Waals surface area contributed by atoms with Gasteiger partial charge in [-0.3, -0.25) is 19.3 Å². The van der Waals surface area contributed by atoms with Crippen molar-refractivity contribution in [3.63, 3.8) is 0 Å². The van der Waals surface area contributed by atoms with Crippen LogP contribution in [0.5, 0.6) is 0 Å². The predicted molar refractivity (Wildman–Crippen MR) is 109 cm³/mol. The van der Waals surface area contributed by atoms with Crippen LogP contribution in [0.15, 0.2) is 28.8 Å². The van der Waals surface area contributed by atoms with Gasteiger partial charge in [-0.15, -0.1) is 0 Å². The second kappa shape index (κ2) is 6.42. The van der Waals surface area contributed by atoms with E-state index in [2.05, 4.69) is 33.4 Å². The Morgan fingerprint density at radius 2 is 1.79 bits per heavy atom. The Bertz CT molecular complexity index is 910. The minimum atomic E-state index is -0.235. The number of halogens is 2. The number of aryl methyl sites for hydroxylation is 1. The molecule has 5 aliphatic rings. The fourth-order valence-electron chi connectivity index (χ4n) is 5.45. The first kappa shape index (κ1) is 18.4. The Kier molecular flexibility index (Phi) is 4.22. The number of nitrogens with zero attached hydrogens (tertiary/aromatic N) is 1. The Morgan fingerprint density at radius 1 is 1.18 bits per heavy atom. The minimum Gasteiger partial charge on any atom is -0.326 e. The largest absolute Gasteiger partial charge is 0.326 e. The van der Waals surface area contributed by atoms with Gasteiger partial charge in [0.25, 0.3) is 0 Å². The normalized spacial score (nSPS) is 34.5. The number of benzene rings is 1. The smallest absolute Gasteiger partial charge is 0.233 e. The number of nitrogens with one attached hydrogen (secondary N) is 1. The lowest BCUT2D eigenvalue weighted by Crippen LogP contribution is -2.40. The summed E-state index contributed by atoms with van der Waals surface area (Å²) in [4.78, 5) is 39.6. The number of rotatable bonds is 4. The van der Waals surface area contributed by atoms with E-state index < -0.39 is 0 Å². The zero-order valence-electron chi connectivity index (χ0n) is 15.3. The van der Waals surface area contributed by atoms with Crippen molar-refractivity contribution in [1.82, 2.24) is 4.90 Å². The number of hydrogen-bond acceptors (Lipinski definition) is 3. The molecule has 0 aromatic heterocycles. The number of carbonyl (C=O) groups excluding carboxylic acids is 3. The molecule has 5 nitrogen and oxygen atoms in total. The SMILES string of the molecule is Cc1cc(Br)c(Cl)cc1NC(=O)CCN1C(=O)[C@@H]2[C@H]3C=C[C@@H]([C@@H]4C[C@@H]34)[C@@H]2C1=O. The van der Waals surface area contributed by atoms with E-state index in [1.807, 2.05) is 13.0 Å². The van der Waals surface area contributed by atoms with Gasteiger partial charge in [0.05, 0.1) is 16.9 Å². The zero-order chi connectivity index (χ0) is 19.7. The summed E-state index contributed by atoms with van der Waals surface area (Å²) in [5.41, 5.74) is 1.51. The molecule has 0 spiro atoms. The van der Waals surface area contributed by atoms with E-state index >= 15 is 0 Å². The molecule has 1 heterocycles. The van der Waals surface area contributed by atoms with Gasteiger partial charge in [-0.25, -0.2) is 0 Å². The second-order valence-electron chi connectivity index (χ2n) is 8.36. The highest BCUT2D eigenvalue weighted by Crippen LogP contribution is 2.65. The van der Waals surface area contributed by atoms with Gasteiger partial charge in [0.1, 0.15) is 0 Å². The van der Waals surface area contributed by atoms with E-state index in [9.17, 15) is 14.4 Å². The molecule has 1 N–H and O–H groups in total. The van der Waals surface area contributed by atoms with Crippen LogP contribution in [-0.4, -0.2) is 29.2 Å². The zero-order valence-corrected chi connectivity index (χ0v) is 17.7. The molecule has 146 valence electrons. The lowest BCUT2D eigenvalue weighted by Gasteiger charge is -2.37. The molecule has 3 amide bonds. The summed E-state index contributed by atoms with van der Waals surface area (Å²) in [7, 11) is 0. The molecule has 1 aliphatic heterocycles. The van der Waals surface area contributed by atoms with Crippen LogP contribution in [0.3, 0.4) is 0 Å². The van der Waals surface area contributed by atoms with Crippen molar-refractivity contribution in [2.24, 2.45) is 35.5 Å². The topological polar surface area (TPSA) is 66.5 Å². The van der Waals surface area contributed by atoms with Gasteiger partial charge in [0, 0.05) is 23.1 Å². The molecule has 6 rings (SSSR count). The van der Waals surface area contributed by atoms with Crippen LogP contribution in [0.25, 0.3) is 0 Å². The molecular formula is C21H20BrClN2O3. The third-order valence-corrected chi connectivity index (χ3v) is 8.06. The first-order chi connectivity index (χ1) is 13.4. The van der Waals surface area contributed by atoms with Gasteiger partial charge >= 0.3 is 0 Å². The van der Waals surface area contributed by atoms with Crippen molar-refractivity contribution in [1.29, 1.82) is 0 Å². The summed E-state index contributed by atoms with van der Waals surface area (Å²) in [6.07, 6.45) is 5.54. The van der Waals surface area contributed by atoms with Gasteiger partial charge in [-0.2, -0.15) is 0 Å². The average molecular weight is 464 g/mol. The first-order valence-corrected chi connectivity index (χ1v) is 10.8. The maximum absolute atomic E-state index is 12.9. The maximum atomic E-state index is 12.9. The molecule has 28 heavy (non-hydrogen) atoms. The Hall–Kier alpha value is -1.66. The Morgan fingerprint density at radius 3 is 2.39 bits per heavy atom. The molecule has 6 atom stereocenters. The number of hydrogen-bond donors (Lipinski definition) is 1. The summed E-state index contributed by atoms with van der Waals surface area (Å²) >= 11 is 9.46. The van der Waals surface area contributed by atoms with Crippen LogP contribution in [0, 0.1) is 42.4 Å². The average Bonchev–Trinajstić information content (AvgIpc) is 3.43. The van der Waals surface area contributed by atoms with Gasteiger partial charge in [-0.1, -0.05) is 23.8 Å². The fourth-order valence-corrected chi connectivity index (χ4v) is 6.07. The molecule has 0 unspecified atom stereocenters. The molecule has 7 heteroatoms. The van der Waals surface area contributed by atoms with Gasteiger partial charge in [0.15, 0.2) is 0 Å². The molecule has 1 saturated heterocycles. The van der Waals surface area contributed by atoms with Gasteiger partial charge in [-0.05, 0) is 70.6 Å². The van der Waals surface area contributed by atoms with Crippen LogP contribution in [0.1, 0.15) is 18.4 Å². The molecule has 3 fully saturated rings. The second-order valence-corrected chi connectivity index (χ2v) is 9.62. The fraction of sp³-hybridized carbons (Fsp3) is 0.476. The van der Waals surface area contributed by atoms with Gasteiger partial charge < -0.3 is 5.32 Å². The van der Waals surface area contributed by atoms with Crippen molar-refractivity contribution in [2.45, 2.75) is 19.8 Å². The summed E-state index contributed by atoms with van der Waals surface area (Å²) in [6.45, 7) is 2.01. The standard InChI is InChI=1S/C21H20BrClN2O3/c1-9-6-14(22)15(23)8-16(9)24-17(26)4-5-25-20(27)18-10-2-3-11(13-7-12(10)13)19(18)21(25)28/h2-3,6,8,10-13,18-19H,4-5,7H2,1H3,(H,24,26)/t10-,11-,12-,13-,18-,19+/m0/s1. The van der Waals surface area contributed by atoms with Gasteiger partial charge in [0.2, 0.25) is 17.7 Å². The third-order valence-electron chi connectivity index (χ3n) is 6.86. The first-order valence-electron chi connectivity index (χ1n) is 9.66. The van der Waals surface area contributed by atoms with Crippen LogP contribution >= 0.6 is 27.5 Å². The Balaban J connectivity index is 1.25. The molecule has 1 aromatic carbocycles. The van der Waals surface area contributed by atoms with E-state index in [0.29, 0.717) is 22.5 Å². The minimum absolute atomic E-state index is 0.0830. The number of amides is 3. The number of anilines is 1. The van der Waals surface area contributed by atoms with E-state index in [1.54, 1.807) is 6.07 Å². The molecule has 0 radical (unpaired) electrons. The van der Waals surface area contributed by atoms with Crippen molar-refractivity contribution in [3.05, 3.63) is 39.3 Å². The highest BCUT2D eigenvalue weighted by molar-refractivity contribution is 9.10. The summed E-state index contributed by atoms with van der Waals surface area (Å²) in [5, 5.41) is 3.34. The van der Waals surface area contributed by atoms with E-state index in [4.69, 9.17) is 11.6 Å². The summed E-state index contributed by atoms with van der Waals surface area (Å²) in [5.74, 6) is 0.767.